The second-order valence-electron chi connectivity index (χ2n) is 4.15. The molecule has 0 fully saturated rings. The highest BCUT2D eigenvalue weighted by Crippen LogP contribution is 2.47. The quantitative estimate of drug-likeness (QED) is 0.650. The Kier molecular flexibility index (Phi) is 2.37. The third-order valence-electron chi connectivity index (χ3n) is 2.82. The van der Waals surface area contributed by atoms with E-state index >= 15 is 0 Å². The molecular weight excluding hydrogens is 176 g/mol. The summed E-state index contributed by atoms with van der Waals surface area (Å²) in [5, 5.41) is 0.775. The van der Waals surface area contributed by atoms with E-state index in [0.717, 1.165) is 17.1 Å². The molecule has 2 atom stereocenters. The number of fused-ring (bicyclic) bond motifs is 1. The van der Waals surface area contributed by atoms with Crippen molar-refractivity contribution in [3.05, 3.63) is 29.8 Å². The Morgan fingerprint density at radius 2 is 1.92 bits per heavy atom. The van der Waals surface area contributed by atoms with Gasteiger partial charge < -0.3 is 0 Å². The minimum Gasteiger partial charge on any atom is -0.122 e. The summed E-state index contributed by atoms with van der Waals surface area (Å²) in [5.74, 6) is 1.49. The van der Waals surface area contributed by atoms with Crippen LogP contribution in [0.4, 0.5) is 0 Å². The van der Waals surface area contributed by atoms with Gasteiger partial charge in [0, 0.05) is 10.1 Å². The molecule has 1 aromatic rings. The van der Waals surface area contributed by atoms with Gasteiger partial charge >= 0.3 is 0 Å². The predicted molar refractivity (Wildman–Crippen MR) is 59.3 cm³/mol. The fraction of sp³-hybridized carbons (Fsp3) is 0.500. The lowest BCUT2D eigenvalue weighted by Crippen LogP contribution is -2.13. The minimum atomic E-state index is 0.723. The molecule has 0 aromatic heterocycles. The number of hydrogen-bond donors (Lipinski definition) is 0. The maximum atomic E-state index is 2.35. The topological polar surface area (TPSA) is 0 Å². The van der Waals surface area contributed by atoms with E-state index < -0.39 is 0 Å². The standard InChI is InChI=1S/C12H16S/c1-8(2)12-9(3)10-6-4-5-7-11(10)13-12/h4-9,12H,1-3H3. The van der Waals surface area contributed by atoms with E-state index in [4.69, 9.17) is 0 Å². The van der Waals surface area contributed by atoms with Crippen LogP contribution >= 0.6 is 11.8 Å². The van der Waals surface area contributed by atoms with Gasteiger partial charge in [-0.25, -0.2) is 0 Å². The number of thioether (sulfide) groups is 1. The molecule has 0 saturated carbocycles. The van der Waals surface area contributed by atoms with Crippen LogP contribution < -0.4 is 0 Å². The van der Waals surface area contributed by atoms with Gasteiger partial charge in [-0.05, 0) is 23.5 Å². The molecule has 0 nitrogen and oxygen atoms in total. The normalized spacial score (nSPS) is 26.5. The fourth-order valence-corrected chi connectivity index (χ4v) is 3.57. The largest absolute Gasteiger partial charge is 0.122 e. The van der Waals surface area contributed by atoms with Gasteiger partial charge in [0.05, 0.1) is 0 Å². The highest BCUT2D eigenvalue weighted by molar-refractivity contribution is 8.00. The Morgan fingerprint density at radius 3 is 2.54 bits per heavy atom. The third kappa shape index (κ3) is 1.50. The molecule has 0 bridgehead atoms. The van der Waals surface area contributed by atoms with Crippen LogP contribution in [0.25, 0.3) is 0 Å². The van der Waals surface area contributed by atoms with E-state index in [-0.39, 0.29) is 0 Å². The van der Waals surface area contributed by atoms with Crippen LogP contribution in [-0.4, -0.2) is 5.25 Å². The summed E-state index contributed by atoms with van der Waals surface area (Å²) in [5.41, 5.74) is 1.55. The molecule has 0 amide bonds. The summed E-state index contributed by atoms with van der Waals surface area (Å²) in [6.45, 7) is 6.99. The second-order valence-corrected chi connectivity index (χ2v) is 5.37. The Bertz CT molecular complexity index is 304. The van der Waals surface area contributed by atoms with E-state index in [1.165, 1.54) is 4.90 Å². The van der Waals surface area contributed by atoms with Crippen molar-refractivity contribution >= 4 is 11.8 Å². The first-order valence-electron chi connectivity index (χ1n) is 4.95. The molecule has 13 heavy (non-hydrogen) atoms. The molecule has 2 unspecified atom stereocenters. The average molecular weight is 192 g/mol. The van der Waals surface area contributed by atoms with E-state index in [0.29, 0.717) is 0 Å². The molecule has 0 aliphatic carbocycles. The molecule has 1 heteroatoms. The monoisotopic (exact) mass is 192 g/mol. The van der Waals surface area contributed by atoms with Crippen LogP contribution in [0, 0.1) is 5.92 Å². The maximum Gasteiger partial charge on any atom is 0.0184 e. The van der Waals surface area contributed by atoms with Crippen molar-refractivity contribution in [3.8, 4) is 0 Å². The lowest BCUT2D eigenvalue weighted by molar-refractivity contribution is 0.550. The van der Waals surface area contributed by atoms with E-state index in [9.17, 15) is 0 Å². The van der Waals surface area contributed by atoms with Crippen LogP contribution in [0.2, 0.25) is 0 Å². The van der Waals surface area contributed by atoms with Gasteiger partial charge in [0.25, 0.3) is 0 Å². The summed E-state index contributed by atoms with van der Waals surface area (Å²) >= 11 is 2.05. The lowest BCUT2D eigenvalue weighted by Gasteiger charge is -2.18. The average Bonchev–Trinajstić information content (AvgIpc) is 2.45. The van der Waals surface area contributed by atoms with Crippen molar-refractivity contribution in [3.63, 3.8) is 0 Å². The van der Waals surface area contributed by atoms with Crippen LogP contribution in [0.1, 0.15) is 32.3 Å². The molecule has 1 aliphatic rings. The molecule has 70 valence electrons. The van der Waals surface area contributed by atoms with Crippen molar-refractivity contribution in [2.75, 3.05) is 0 Å². The molecule has 0 spiro atoms. The lowest BCUT2D eigenvalue weighted by atomic mass is 9.92. The zero-order valence-electron chi connectivity index (χ0n) is 8.45. The second kappa shape index (κ2) is 3.38. The molecule has 1 aromatic carbocycles. The van der Waals surface area contributed by atoms with Gasteiger partial charge in [0.15, 0.2) is 0 Å². The van der Waals surface area contributed by atoms with Crippen molar-refractivity contribution in [2.24, 2.45) is 5.92 Å². The van der Waals surface area contributed by atoms with Crippen molar-refractivity contribution in [1.29, 1.82) is 0 Å². The summed E-state index contributed by atoms with van der Waals surface area (Å²) in [6, 6.07) is 8.81. The zero-order chi connectivity index (χ0) is 9.42. The van der Waals surface area contributed by atoms with Crippen LogP contribution in [0.3, 0.4) is 0 Å². The number of hydrogen-bond acceptors (Lipinski definition) is 1. The highest BCUT2D eigenvalue weighted by Gasteiger charge is 2.31. The first-order chi connectivity index (χ1) is 6.20. The van der Waals surface area contributed by atoms with Crippen LogP contribution in [-0.2, 0) is 0 Å². The zero-order valence-corrected chi connectivity index (χ0v) is 9.27. The van der Waals surface area contributed by atoms with Gasteiger partial charge in [-0.3, -0.25) is 0 Å². The Morgan fingerprint density at radius 1 is 1.23 bits per heavy atom. The van der Waals surface area contributed by atoms with Crippen LogP contribution in [0.5, 0.6) is 0 Å². The molecule has 0 saturated heterocycles. The van der Waals surface area contributed by atoms with Crippen LogP contribution in [0.15, 0.2) is 29.2 Å². The fourth-order valence-electron chi connectivity index (χ4n) is 2.10. The summed E-state index contributed by atoms with van der Waals surface area (Å²) in [6.07, 6.45) is 0. The first kappa shape index (κ1) is 9.14. The van der Waals surface area contributed by atoms with E-state index in [2.05, 4.69) is 56.8 Å². The molecule has 0 N–H and O–H groups in total. The number of rotatable bonds is 1. The Labute approximate surface area is 84.7 Å². The minimum absolute atomic E-state index is 0.723. The predicted octanol–water partition coefficient (Wildman–Crippen LogP) is 3.92. The molecule has 0 radical (unpaired) electrons. The van der Waals surface area contributed by atoms with E-state index in [1.54, 1.807) is 5.56 Å². The Balaban J connectivity index is 2.32. The molecule has 2 rings (SSSR count). The first-order valence-corrected chi connectivity index (χ1v) is 5.83. The van der Waals surface area contributed by atoms with Gasteiger partial charge in [0.1, 0.15) is 0 Å². The van der Waals surface area contributed by atoms with E-state index in [1.807, 2.05) is 0 Å². The van der Waals surface area contributed by atoms with Crippen molar-refractivity contribution in [1.82, 2.24) is 0 Å². The van der Waals surface area contributed by atoms with Gasteiger partial charge in [0.2, 0.25) is 0 Å². The molecule has 1 aliphatic heterocycles. The summed E-state index contributed by atoms with van der Waals surface area (Å²) in [7, 11) is 0. The summed E-state index contributed by atoms with van der Waals surface area (Å²) < 4.78 is 0. The highest BCUT2D eigenvalue weighted by atomic mass is 32.2. The smallest absolute Gasteiger partial charge is 0.0184 e. The van der Waals surface area contributed by atoms with Gasteiger partial charge in [-0.1, -0.05) is 39.0 Å². The number of benzene rings is 1. The van der Waals surface area contributed by atoms with Gasteiger partial charge in [-0.15, -0.1) is 11.8 Å². The molecule has 1 heterocycles. The van der Waals surface area contributed by atoms with Crippen molar-refractivity contribution in [2.45, 2.75) is 36.8 Å². The van der Waals surface area contributed by atoms with Crippen molar-refractivity contribution < 1.29 is 0 Å². The Hall–Kier alpha value is -0.430. The SMILES string of the molecule is CC(C)C1Sc2ccccc2C1C. The summed E-state index contributed by atoms with van der Waals surface area (Å²) in [4.78, 5) is 1.49. The van der Waals surface area contributed by atoms with Gasteiger partial charge in [-0.2, -0.15) is 0 Å². The maximum absolute atomic E-state index is 2.35. The third-order valence-corrected chi connectivity index (χ3v) is 4.67. The molecular formula is C12H16S.